The van der Waals surface area contributed by atoms with Gasteiger partial charge in [-0.05, 0) is 29.8 Å². The van der Waals surface area contributed by atoms with Gasteiger partial charge in [-0.3, -0.25) is 10.2 Å². The van der Waals surface area contributed by atoms with Crippen LogP contribution in [0.15, 0.2) is 53.4 Å². The summed E-state index contributed by atoms with van der Waals surface area (Å²) in [4.78, 5) is 21.5. The monoisotopic (exact) mass is 402 g/mol. The average Bonchev–Trinajstić information content (AvgIpc) is 3.26. The average molecular weight is 403 g/mol. The van der Waals surface area contributed by atoms with Crippen molar-refractivity contribution >= 4 is 51.5 Å². The predicted octanol–water partition coefficient (Wildman–Crippen LogP) is 4.78. The van der Waals surface area contributed by atoms with Crippen LogP contribution < -0.4 is 5.43 Å². The number of para-hydroxylation sites is 2. The fourth-order valence-electron chi connectivity index (χ4n) is 2.63. The van der Waals surface area contributed by atoms with Gasteiger partial charge in [0.05, 0.1) is 33.0 Å². The van der Waals surface area contributed by atoms with Crippen LogP contribution in [-0.2, 0) is 11.2 Å². The molecule has 1 N–H and O–H groups in total. The number of rotatable bonds is 4. The maximum absolute atomic E-state index is 12.6. The Morgan fingerprint density at radius 2 is 2.00 bits per heavy atom. The SMILES string of the molecule is O=C(Cc1ccc(Cl)c(Cl)c1)Nn1c(-c2cscn2)nc2ccccc21. The molecule has 0 aliphatic rings. The Morgan fingerprint density at radius 1 is 1.15 bits per heavy atom. The zero-order chi connectivity index (χ0) is 18.1. The number of amides is 1. The van der Waals surface area contributed by atoms with Gasteiger partial charge in [0.15, 0.2) is 5.82 Å². The third-order valence-corrected chi connectivity index (χ3v) is 5.13. The minimum Gasteiger partial charge on any atom is -0.273 e. The highest BCUT2D eigenvalue weighted by molar-refractivity contribution is 7.07. The first-order valence-electron chi connectivity index (χ1n) is 7.71. The number of thiazole rings is 1. The predicted molar refractivity (Wildman–Crippen MR) is 105 cm³/mol. The van der Waals surface area contributed by atoms with Crippen LogP contribution in [0.1, 0.15) is 5.56 Å². The van der Waals surface area contributed by atoms with E-state index in [1.165, 1.54) is 11.3 Å². The summed E-state index contributed by atoms with van der Waals surface area (Å²) in [6.07, 6.45) is 0.167. The van der Waals surface area contributed by atoms with E-state index in [2.05, 4.69) is 15.4 Å². The van der Waals surface area contributed by atoms with E-state index < -0.39 is 0 Å². The first-order chi connectivity index (χ1) is 12.6. The van der Waals surface area contributed by atoms with E-state index in [0.717, 1.165) is 16.6 Å². The van der Waals surface area contributed by atoms with Crippen LogP contribution in [0.3, 0.4) is 0 Å². The molecule has 0 fully saturated rings. The highest BCUT2D eigenvalue weighted by Crippen LogP contribution is 2.24. The quantitative estimate of drug-likeness (QED) is 0.534. The Labute approximate surface area is 163 Å². The summed E-state index contributed by atoms with van der Waals surface area (Å²) in [5, 5.41) is 2.78. The summed E-state index contributed by atoms with van der Waals surface area (Å²) in [6, 6.07) is 12.8. The lowest BCUT2D eigenvalue weighted by molar-refractivity contribution is -0.116. The number of nitrogens with zero attached hydrogens (tertiary/aromatic N) is 3. The molecule has 26 heavy (non-hydrogen) atoms. The third kappa shape index (κ3) is 3.31. The van der Waals surface area contributed by atoms with Crippen molar-refractivity contribution in [1.29, 1.82) is 0 Å². The lowest BCUT2D eigenvalue weighted by Gasteiger charge is -2.10. The molecule has 0 saturated heterocycles. The molecule has 2 heterocycles. The topological polar surface area (TPSA) is 59.8 Å². The number of carbonyl (C=O) groups is 1. The van der Waals surface area contributed by atoms with Crippen LogP contribution in [0.5, 0.6) is 0 Å². The van der Waals surface area contributed by atoms with Crippen LogP contribution >= 0.6 is 34.5 Å². The van der Waals surface area contributed by atoms with E-state index in [1.54, 1.807) is 28.4 Å². The Kier molecular flexibility index (Phi) is 4.63. The zero-order valence-corrected chi connectivity index (χ0v) is 15.6. The van der Waals surface area contributed by atoms with Crippen LogP contribution in [-0.4, -0.2) is 20.6 Å². The van der Waals surface area contributed by atoms with Gasteiger partial charge in [-0.1, -0.05) is 41.4 Å². The molecule has 0 unspecified atom stereocenters. The molecule has 1 amide bonds. The molecule has 0 atom stereocenters. The van der Waals surface area contributed by atoms with Crippen molar-refractivity contribution in [3.05, 3.63) is 69.0 Å². The molecule has 130 valence electrons. The largest absolute Gasteiger partial charge is 0.273 e. The van der Waals surface area contributed by atoms with Crippen molar-refractivity contribution in [1.82, 2.24) is 14.6 Å². The lowest BCUT2D eigenvalue weighted by Crippen LogP contribution is -2.25. The highest BCUT2D eigenvalue weighted by atomic mass is 35.5. The molecule has 0 saturated carbocycles. The van der Waals surface area contributed by atoms with Crippen molar-refractivity contribution < 1.29 is 4.79 Å². The number of benzene rings is 2. The Bertz CT molecular complexity index is 1090. The number of halogens is 2. The molecule has 0 spiro atoms. The number of imidazole rings is 1. The van der Waals surface area contributed by atoms with Crippen molar-refractivity contribution in [3.63, 3.8) is 0 Å². The molecular weight excluding hydrogens is 391 g/mol. The smallest absolute Gasteiger partial charge is 0.243 e. The molecule has 2 aromatic heterocycles. The number of hydrogen-bond acceptors (Lipinski definition) is 4. The van der Waals surface area contributed by atoms with E-state index in [0.29, 0.717) is 21.6 Å². The first-order valence-corrected chi connectivity index (χ1v) is 9.41. The number of carbonyl (C=O) groups excluding carboxylic acids is 1. The third-order valence-electron chi connectivity index (χ3n) is 3.81. The molecule has 4 rings (SSSR count). The van der Waals surface area contributed by atoms with Gasteiger partial charge in [0, 0.05) is 5.38 Å². The Balaban J connectivity index is 1.66. The van der Waals surface area contributed by atoms with Gasteiger partial charge >= 0.3 is 0 Å². The standard InChI is InChI=1S/C18H12Cl2N4OS/c19-12-6-5-11(7-13(12)20)8-17(25)23-24-16-4-2-1-3-14(16)22-18(24)15-9-26-10-21-15/h1-7,9-10H,8H2,(H,23,25). The van der Waals surface area contributed by atoms with E-state index in [4.69, 9.17) is 23.2 Å². The number of aromatic nitrogens is 3. The van der Waals surface area contributed by atoms with Gasteiger partial charge in [-0.15, -0.1) is 11.3 Å². The fourth-order valence-corrected chi connectivity index (χ4v) is 3.48. The summed E-state index contributed by atoms with van der Waals surface area (Å²) in [5.74, 6) is 0.401. The van der Waals surface area contributed by atoms with Gasteiger partial charge in [0.25, 0.3) is 0 Å². The molecular formula is C18H12Cl2N4OS. The summed E-state index contributed by atoms with van der Waals surface area (Å²) in [6.45, 7) is 0. The van der Waals surface area contributed by atoms with Gasteiger partial charge in [-0.2, -0.15) is 0 Å². The maximum atomic E-state index is 12.6. The minimum absolute atomic E-state index is 0.167. The lowest BCUT2D eigenvalue weighted by atomic mass is 10.1. The van der Waals surface area contributed by atoms with Gasteiger partial charge in [0.2, 0.25) is 5.91 Å². The highest BCUT2D eigenvalue weighted by Gasteiger charge is 2.16. The molecule has 0 bridgehead atoms. The zero-order valence-electron chi connectivity index (χ0n) is 13.3. The summed E-state index contributed by atoms with van der Waals surface area (Å²) >= 11 is 13.4. The second-order valence-corrected chi connectivity index (χ2v) is 7.13. The summed E-state index contributed by atoms with van der Waals surface area (Å²) in [5.41, 5.74) is 7.71. The first kappa shape index (κ1) is 17.0. The van der Waals surface area contributed by atoms with E-state index in [9.17, 15) is 4.79 Å². The van der Waals surface area contributed by atoms with Crippen molar-refractivity contribution in [2.75, 3.05) is 5.43 Å². The number of fused-ring (bicyclic) bond motifs is 1. The Hall–Kier alpha value is -2.41. The van der Waals surface area contributed by atoms with Crippen molar-refractivity contribution in [2.24, 2.45) is 0 Å². The van der Waals surface area contributed by atoms with E-state index in [-0.39, 0.29) is 12.3 Å². The van der Waals surface area contributed by atoms with Crippen LogP contribution in [0.25, 0.3) is 22.6 Å². The van der Waals surface area contributed by atoms with E-state index in [1.807, 2.05) is 29.6 Å². The summed E-state index contributed by atoms with van der Waals surface area (Å²) < 4.78 is 1.67. The molecule has 8 heteroatoms. The molecule has 2 aromatic carbocycles. The number of nitrogens with one attached hydrogen (secondary N) is 1. The summed E-state index contributed by atoms with van der Waals surface area (Å²) in [7, 11) is 0. The number of hydrogen-bond donors (Lipinski definition) is 1. The fraction of sp³-hybridized carbons (Fsp3) is 0.0556. The minimum atomic E-state index is -0.192. The normalized spacial score (nSPS) is 11.0. The molecule has 0 radical (unpaired) electrons. The molecule has 0 aliphatic heterocycles. The van der Waals surface area contributed by atoms with Crippen molar-refractivity contribution in [3.8, 4) is 11.5 Å². The van der Waals surface area contributed by atoms with Crippen LogP contribution in [0, 0.1) is 0 Å². The van der Waals surface area contributed by atoms with Gasteiger partial charge in [-0.25, -0.2) is 14.6 Å². The van der Waals surface area contributed by atoms with Crippen molar-refractivity contribution in [2.45, 2.75) is 6.42 Å². The van der Waals surface area contributed by atoms with E-state index >= 15 is 0 Å². The van der Waals surface area contributed by atoms with Gasteiger partial charge < -0.3 is 0 Å². The molecule has 0 aliphatic carbocycles. The molecule has 4 aromatic rings. The second kappa shape index (κ2) is 7.07. The maximum Gasteiger partial charge on any atom is 0.243 e. The molecule has 5 nitrogen and oxygen atoms in total. The van der Waals surface area contributed by atoms with Crippen LogP contribution in [0.2, 0.25) is 10.0 Å². The van der Waals surface area contributed by atoms with Crippen LogP contribution in [0.4, 0.5) is 0 Å². The second-order valence-electron chi connectivity index (χ2n) is 5.59. The Morgan fingerprint density at radius 3 is 2.77 bits per heavy atom. The van der Waals surface area contributed by atoms with Gasteiger partial charge in [0.1, 0.15) is 5.69 Å².